The van der Waals surface area contributed by atoms with Crippen molar-refractivity contribution in [3.8, 4) is 11.3 Å². The van der Waals surface area contributed by atoms with Crippen LogP contribution in [-0.2, 0) is 18.9 Å². The predicted molar refractivity (Wildman–Crippen MR) is 125 cm³/mol. The van der Waals surface area contributed by atoms with E-state index in [1.165, 1.54) is 18.2 Å². The summed E-state index contributed by atoms with van der Waals surface area (Å²) in [6.07, 6.45) is -10.0. The number of hydrogen-bond donors (Lipinski definition) is 1. The highest BCUT2D eigenvalue weighted by molar-refractivity contribution is 6.36. The lowest BCUT2D eigenvalue weighted by Crippen LogP contribution is -2.15. The lowest BCUT2D eigenvalue weighted by molar-refractivity contribution is -0.143. The highest BCUT2D eigenvalue weighted by Gasteiger charge is 2.37. The van der Waals surface area contributed by atoms with Crippen LogP contribution >= 0.6 is 23.2 Å². The van der Waals surface area contributed by atoms with Gasteiger partial charge in [0.05, 0.1) is 28.4 Å². The van der Waals surface area contributed by atoms with E-state index in [1.807, 2.05) is 0 Å². The normalized spacial score (nSPS) is 12.0. The number of nitrogens with one attached hydrogen (secondary N) is 1. The standard InChI is InChI=1S/C24H14Cl2F6N4O/c25-17-6-7-19(18(26)11-17)33-22(37)20-21(14-4-2-1-3-5-14)36(35-34-20)12-13-8-15(23(27,28)29)10-16(9-13)24(30,31)32/h1-11H,12H2,(H,33,37). The van der Waals surface area contributed by atoms with Gasteiger partial charge in [-0.1, -0.05) is 58.7 Å². The smallest absolute Gasteiger partial charge is 0.319 e. The summed E-state index contributed by atoms with van der Waals surface area (Å²) in [7, 11) is 0. The second kappa shape index (κ2) is 10.1. The Kier molecular flexibility index (Phi) is 7.20. The van der Waals surface area contributed by atoms with Crippen molar-refractivity contribution in [2.45, 2.75) is 18.9 Å². The third-order valence-corrected chi connectivity index (χ3v) is 5.70. The maximum absolute atomic E-state index is 13.3. The van der Waals surface area contributed by atoms with E-state index in [-0.39, 0.29) is 33.7 Å². The van der Waals surface area contributed by atoms with Gasteiger partial charge in [0.1, 0.15) is 5.69 Å². The highest BCUT2D eigenvalue weighted by Crippen LogP contribution is 2.37. The molecular formula is C24H14Cl2F6N4O. The van der Waals surface area contributed by atoms with Crippen LogP contribution in [0, 0.1) is 0 Å². The molecule has 0 radical (unpaired) electrons. The Morgan fingerprint density at radius 2 is 1.49 bits per heavy atom. The molecule has 0 unspecified atom stereocenters. The van der Waals surface area contributed by atoms with Gasteiger partial charge in [-0.3, -0.25) is 4.79 Å². The number of rotatable bonds is 5. The Bertz CT molecular complexity index is 1420. The molecular weight excluding hydrogens is 545 g/mol. The fourth-order valence-corrected chi connectivity index (χ4v) is 3.97. The number of hydrogen-bond acceptors (Lipinski definition) is 3. The van der Waals surface area contributed by atoms with Gasteiger partial charge in [0.2, 0.25) is 0 Å². The second-order valence-corrected chi connectivity index (χ2v) is 8.65. The van der Waals surface area contributed by atoms with Crippen LogP contribution in [0.1, 0.15) is 27.2 Å². The molecule has 192 valence electrons. The van der Waals surface area contributed by atoms with Crippen molar-refractivity contribution in [3.05, 3.63) is 99.2 Å². The van der Waals surface area contributed by atoms with Gasteiger partial charge in [-0.25, -0.2) is 4.68 Å². The molecule has 0 aliphatic heterocycles. The molecule has 1 aromatic heterocycles. The Labute approximate surface area is 215 Å². The SMILES string of the molecule is O=C(Nc1ccc(Cl)cc1Cl)c1nnn(Cc2cc(C(F)(F)F)cc(C(F)(F)F)c2)c1-c1ccccc1. The maximum Gasteiger partial charge on any atom is 0.416 e. The van der Waals surface area contributed by atoms with Gasteiger partial charge in [-0.05, 0) is 42.0 Å². The van der Waals surface area contributed by atoms with E-state index in [9.17, 15) is 31.1 Å². The van der Waals surface area contributed by atoms with Crippen molar-refractivity contribution in [1.82, 2.24) is 15.0 Å². The van der Waals surface area contributed by atoms with Crippen molar-refractivity contribution in [2.75, 3.05) is 5.32 Å². The molecule has 5 nitrogen and oxygen atoms in total. The van der Waals surface area contributed by atoms with E-state index >= 15 is 0 Å². The van der Waals surface area contributed by atoms with Gasteiger partial charge < -0.3 is 5.32 Å². The fraction of sp³-hybridized carbons (Fsp3) is 0.125. The van der Waals surface area contributed by atoms with Crippen molar-refractivity contribution < 1.29 is 31.1 Å². The second-order valence-electron chi connectivity index (χ2n) is 7.80. The van der Waals surface area contributed by atoms with E-state index in [1.54, 1.807) is 30.3 Å². The number of carbonyl (C=O) groups excluding carboxylic acids is 1. The highest BCUT2D eigenvalue weighted by atomic mass is 35.5. The molecule has 0 saturated heterocycles. The zero-order chi connectivity index (χ0) is 27.0. The van der Waals surface area contributed by atoms with Crippen LogP contribution in [0.2, 0.25) is 10.0 Å². The summed E-state index contributed by atoms with van der Waals surface area (Å²) in [6.45, 7) is -0.529. The fourth-order valence-electron chi connectivity index (χ4n) is 3.51. The number of anilines is 1. The minimum Gasteiger partial charge on any atom is -0.319 e. The number of amides is 1. The summed E-state index contributed by atoms with van der Waals surface area (Å²) < 4.78 is 81.0. The molecule has 0 fully saturated rings. The van der Waals surface area contributed by atoms with E-state index in [2.05, 4.69) is 15.6 Å². The van der Waals surface area contributed by atoms with Crippen LogP contribution in [0.5, 0.6) is 0 Å². The van der Waals surface area contributed by atoms with E-state index < -0.39 is 35.9 Å². The lowest BCUT2D eigenvalue weighted by Gasteiger charge is -2.15. The van der Waals surface area contributed by atoms with Crippen LogP contribution < -0.4 is 5.32 Å². The lowest BCUT2D eigenvalue weighted by atomic mass is 10.0. The third-order valence-electron chi connectivity index (χ3n) is 5.16. The van der Waals surface area contributed by atoms with Gasteiger partial charge in [0, 0.05) is 10.6 Å². The molecule has 0 aliphatic carbocycles. The number of alkyl halides is 6. The summed E-state index contributed by atoms with van der Waals surface area (Å²) in [5.74, 6) is -0.755. The Hall–Kier alpha value is -3.57. The third kappa shape index (κ3) is 6.05. The summed E-state index contributed by atoms with van der Waals surface area (Å²) in [5.41, 5.74) is -2.80. The Balaban J connectivity index is 1.78. The molecule has 13 heteroatoms. The van der Waals surface area contributed by atoms with E-state index in [4.69, 9.17) is 23.2 Å². The number of nitrogens with zero attached hydrogens (tertiary/aromatic N) is 3. The average Bonchev–Trinajstić information content (AvgIpc) is 3.23. The molecule has 4 aromatic rings. The monoisotopic (exact) mass is 558 g/mol. The molecule has 37 heavy (non-hydrogen) atoms. The minimum atomic E-state index is -5.01. The largest absolute Gasteiger partial charge is 0.416 e. The van der Waals surface area contributed by atoms with E-state index in [0.717, 1.165) is 4.68 Å². The molecule has 0 spiro atoms. The van der Waals surface area contributed by atoms with Crippen molar-refractivity contribution in [1.29, 1.82) is 0 Å². The number of halogens is 8. The Morgan fingerprint density at radius 3 is 2.05 bits per heavy atom. The first-order valence-electron chi connectivity index (χ1n) is 10.4. The van der Waals surface area contributed by atoms with Gasteiger partial charge >= 0.3 is 12.4 Å². The maximum atomic E-state index is 13.3. The molecule has 0 bridgehead atoms. The van der Waals surface area contributed by atoms with Crippen LogP contribution in [0.3, 0.4) is 0 Å². The number of benzene rings is 3. The summed E-state index contributed by atoms with van der Waals surface area (Å²) >= 11 is 12.0. The first kappa shape index (κ1) is 26.5. The van der Waals surface area contributed by atoms with Gasteiger partial charge in [0.15, 0.2) is 5.69 Å². The first-order chi connectivity index (χ1) is 17.3. The molecule has 0 atom stereocenters. The quantitative estimate of drug-likeness (QED) is 0.257. The van der Waals surface area contributed by atoms with Crippen molar-refractivity contribution in [2.24, 2.45) is 0 Å². The average molecular weight is 559 g/mol. The van der Waals surface area contributed by atoms with Crippen molar-refractivity contribution >= 4 is 34.8 Å². The molecule has 1 heterocycles. The topological polar surface area (TPSA) is 59.8 Å². The zero-order valence-electron chi connectivity index (χ0n) is 18.3. The minimum absolute atomic E-state index is 0.0394. The molecule has 4 rings (SSSR count). The summed E-state index contributed by atoms with van der Waals surface area (Å²) in [6, 6.07) is 13.7. The first-order valence-corrected chi connectivity index (χ1v) is 11.1. The van der Waals surface area contributed by atoms with Crippen LogP contribution in [0.4, 0.5) is 32.0 Å². The molecule has 0 saturated carbocycles. The van der Waals surface area contributed by atoms with Crippen LogP contribution in [-0.4, -0.2) is 20.9 Å². The van der Waals surface area contributed by atoms with E-state index in [0.29, 0.717) is 22.7 Å². The predicted octanol–water partition coefficient (Wildman–Crippen LogP) is 7.59. The van der Waals surface area contributed by atoms with Gasteiger partial charge in [-0.2, -0.15) is 26.3 Å². The molecule has 1 amide bonds. The molecule has 3 aromatic carbocycles. The molecule has 0 aliphatic rings. The summed E-state index contributed by atoms with van der Waals surface area (Å²) in [4.78, 5) is 13.1. The van der Waals surface area contributed by atoms with Crippen LogP contribution in [0.15, 0.2) is 66.7 Å². The Morgan fingerprint density at radius 1 is 0.865 bits per heavy atom. The number of aromatic nitrogens is 3. The number of carbonyl (C=O) groups is 1. The van der Waals surface area contributed by atoms with Gasteiger partial charge in [0.25, 0.3) is 5.91 Å². The molecule has 1 N–H and O–H groups in total. The van der Waals surface area contributed by atoms with Crippen molar-refractivity contribution in [3.63, 3.8) is 0 Å². The van der Waals surface area contributed by atoms with Gasteiger partial charge in [-0.15, -0.1) is 5.10 Å². The zero-order valence-corrected chi connectivity index (χ0v) is 19.8. The summed E-state index contributed by atoms with van der Waals surface area (Å²) in [5, 5.41) is 10.7. The van der Waals surface area contributed by atoms with Crippen LogP contribution in [0.25, 0.3) is 11.3 Å².